The second kappa shape index (κ2) is 6.23. The van der Waals surface area contributed by atoms with Gasteiger partial charge in [-0.2, -0.15) is 5.10 Å². The summed E-state index contributed by atoms with van der Waals surface area (Å²) in [5, 5.41) is 7.54. The smallest absolute Gasteiger partial charge is 0.251 e. The highest BCUT2D eigenvalue weighted by atomic mass is 19.3. The molecule has 5 nitrogen and oxygen atoms in total. The van der Waals surface area contributed by atoms with E-state index in [4.69, 9.17) is 0 Å². The Morgan fingerprint density at radius 3 is 2.48 bits per heavy atom. The molecule has 1 unspecified atom stereocenters. The highest BCUT2D eigenvalue weighted by Gasteiger charge is 2.38. The summed E-state index contributed by atoms with van der Waals surface area (Å²) in [4.78, 5) is 8.80. The van der Waals surface area contributed by atoms with Crippen LogP contribution in [0.2, 0.25) is 0 Å². The van der Waals surface area contributed by atoms with E-state index in [0.717, 1.165) is 0 Å². The molecule has 1 atom stereocenters. The van der Waals surface area contributed by atoms with Crippen molar-refractivity contribution in [2.45, 2.75) is 64.1 Å². The molecule has 1 fully saturated rings. The number of rotatable bonds is 4. The molecule has 1 aliphatic carbocycles. The molecule has 1 N–H and O–H groups in total. The first-order valence-corrected chi connectivity index (χ1v) is 8.59. The van der Waals surface area contributed by atoms with Gasteiger partial charge in [-0.25, -0.2) is 27.7 Å². The van der Waals surface area contributed by atoms with Crippen molar-refractivity contribution in [3.63, 3.8) is 0 Å². The molecule has 0 bridgehead atoms. The first-order chi connectivity index (χ1) is 11.6. The number of hydrogen-bond acceptors (Lipinski definition) is 4. The van der Waals surface area contributed by atoms with Crippen molar-refractivity contribution >= 4 is 5.78 Å². The number of fused-ring (bicyclic) bond motifs is 1. The van der Waals surface area contributed by atoms with Crippen LogP contribution < -0.4 is 5.32 Å². The van der Waals surface area contributed by atoms with Crippen molar-refractivity contribution in [3.05, 3.63) is 23.3 Å². The van der Waals surface area contributed by atoms with Gasteiger partial charge in [-0.15, -0.1) is 0 Å². The molecule has 3 rings (SSSR count). The van der Waals surface area contributed by atoms with E-state index in [1.807, 2.05) is 0 Å². The van der Waals surface area contributed by atoms with Crippen LogP contribution in [0.3, 0.4) is 0 Å². The third kappa shape index (κ3) is 3.63. The topological polar surface area (TPSA) is 55.1 Å². The van der Waals surface area contributed by atoms with Gasteiger partial charge in [0.15, 0.2) is 0 Å². The maximum absolute atomic E-state index is 14.3. The van der Waals surface area contributed by atoms with Gasteiger partial charge in [0.2, 0.25) is 5.92 Å². The Labute approximate surface area is 145 Å². The third-order valence-corrected chi connectivity index (χ3v) is 4.93. The van der Waals surface area contributed by atoms with Crippen molar-refractivity contribution < 1.29 is 13.2 Å². The lowest BCUT2D eigenvalue weighted by molar-refractivity contribution is -0.0496. The molecule has 1 aliphatic rings. The zero-order chi connectivity index (χ0) is 18.4. The summed E-state index contributed by atoms with van der Waals surface area (Å²) >= 11 is 0. The van der Waals surface area contributed by atoms with E-state index in [2.05, 4.69) is 20.4 Å². The molecular weight excluding hydrogens is 331 g/mol. The quantitative estimate of drug-likeness (QED) is 0.908. The molecule has 2 heterocycles. The minimum Gasteiger partial charge on any atom is -0.311 e. The molecule has 1 saturated carbocycles. The van der Waals surface area contributed by atoms with E-state index in [9.17, 15) is 13.2 Å². The minimum absolute atomic E-state index is 0.0766. The Morgan fingerprint density at radius 2 is 1.92 bits per heavy atom. The van der Waals surface area contributed by atoms with Crippen molar-refractivity contribution in [1.29, 1.82) is 0 Å². The summed E-state index contributed by atoms with van der Waals surface area (Å²) in [6, 6.07) is -0.151. The molecule has 2 aromatic heterocycles. The number of alkyl halides is 3. The number of halogens is 3. The van der Waals surface area contributed by atoms with Crippen molar-refractivity contribution in [2.24, 2.45) is 5.92 Å². The van der Waals surface area contributed by atoms with Gasteiger partial charge in [0.05, 0.1) is 23.6 Å². The van der Waals surface area contributed by atoms with E-state index < -0.39 is 11.6 Å². The molecule has 0 radical (unpaired) electrons. The summed E-state index contributed by atoms with van der Waals surface area (Å²) in [6.45, 7) is 4.58. The minimum atomic E-state index is -2.56. The fourth-order valence-corrected chi connectivity index (χ4v) is 3.65. The van der Waals surface area contributed by atoms with Gasteiger partial charge >= 0.3 is 0 Å². The maximum atomic E-state index is 14.3. The van der Waals surface area contributed by atoms with Crippen LogP contribution in [0.25, 0.3) is 5.78 Å². The molecule has 0 amide bonds. The highest BCUT2D eigenvalue weighted by molar-refractivity contribution is 5.33. The Bertz CT molecular complexity index is 755. The van der Waals surface area contributed by atoms with E-state index >= 15 is 0 Å². The van der Waals surface area contributed by atoms with Gasteiger partial charge in [0, 0.05) is 12.8 Å². The average molecular weight is 355 g/mol. The number of aryl methyl sites for hydroxylation is 1. The third-order valence-electron chi connectivity index (χ3n) is 4.93. The molecule has 25 heavy (non-hydrogen) atoms. The van der Waals surface area contributed by atoms with Gasteiger partial charge in [0.25, 0.3) is 5.78 Å². The van der Waals surface area contributed by atoms with Gasteiger partial charge in [-0.05, 0) is 46.6 Å². The standard InChI is InChI=1S/C17H24F3N5/c1-10-14(16(2,3)18)23-15-22-12(9-25(15)24-10)13(21-4)11-5-7-17(19,20)8-6-11/h9,11,13,21H,5-8H2,1-4H3. The average Bonchev–Trinajstić information content (AvgIpc) is 2.90. The number of imidazole rings is 1. The number of nitrogens with zero attached hydrogens (tertiary/aromatic N) is 4. The molecule has 0 aromatic carbocycles. The van der Waals surface area contributed by atoms with Crippen LogP contribution in [0, 0.1) is 12.8 Å². The van der Waals surface area contributed by atoms with Gasteiger partial charge in [-0.3, -0.25) is 0 Å². The zero-order valence-electron chi connectivity index (χ0n) is 15.0. The summed E-state index contributed by atoms with van der Waals surface area (Å²) in [5.41, 5.74) is -0.147. The van der Waals surface area contributed by atoms with Crippen LogP contribution in [-0.2, 0) is 5.67 Å². The number of hydrogen-bond donors (Lipinski definition) is 1. The van der Waals surface area contributed by atoms with Crippen molar-refractivity contribution in [1.82, 2.24) is 24.9 Å². The molecule has 0 aliphatic heterocycles. The first-order valence-electron chi connectivity index (χ1n) is 8.59. The Morgan fingerprint density at radius 1 is 1.28 bits per heavy atom. The van der Waals surface area contributed by atoms with Crippen LogP contribution in [0.1, 0.15) is 62.7 Å². The summed E-state index contributed by atoms with van der Waals surface area (Å²) in [5.74, 6) is -2.16. The van der Waals surface area contributed by atoms with Crippen LogP contribution >= 0.6 is 0 Å². The molecule has 0 spiro atoms. The number of nitrogens with one attached hydrogen (secondary N) is 1. The van der Waals surface area contributed by atoms with Crippen molar-refractivity contribution in [3.8, 4) is 0 Å². The molecule has 8 heteroatoms. The normalized spacial score (nSPS) is 20.1. The fraction of sp³-hybridized carbons (Fsp3) is 0.706. The van der Waals surface area contributed by atoms with Crippen LogP contribution in [0.5, 0.6) is 0 Å². The largest absolute Gasteiger partial charge is 0.311 e. The molecule has 0 saturated heterocycles. The van der Waals surface area contributed by atoms with E-state index in [1.54, 1.807) is 20.2 Å². The summed E-state index contributed by atoms with van der Waals surface area (Å²) in [7, 11) is 1.80. The van der Waals surface area contributed by atoms with Gasteiger partial charge in [0.1, 0.15) is 11.4 Å². The zero-order valence-corrected chi connectivity index (χ0v) is 15.0. The predicted molar refractivity (Wildman–Crippen MR) is 88.4 cm³/mol. The van der Waals surface area contributed by atoms with Gasteiger partial charge < -0.3 is 5.32 Å². The summed E-state index contributed by atoms with van der Waals surface area (Å²) in [6.07, 6.45) is 2.43. The van der Waals surface area contributed by atoms with Crippen molar-refractivity contribution in [2.75, 3.05) is 7.05 Å². The van der Waals surface area contributed by atoms with E-state index in [-0.39, 0.29) is 30.5 Å². The molecule has 138 valence electrons. The highest BCUT2D eigenvalue weighted by Crippen LogP contribution is 2.41. The SMILES string of the molecule is CNC(c1cn2nc(C)c(C(C)(C)F)nc2n1)C1CCC(F)(F)CC1. The molecular formula is C17H24F3N5. The first kappa shape index (κ1) is 18.1. The van der Waals surface area contributed by atoms with Crippen LogP contribution in [0.15, 0.2) is 6.20 Å². The fourth-order valence-electron chi connectivity index (χ4n) is 3.65. The van der Waals surface area contributed by atoms with Gasteiger partial charge in [-0.1, -0.05) is 0 Å². The second-order valence-corrected chi connectivity index (χ2v) is 7.39. The van der Waals surface area contributed by atoms with E-state index in [1.165, 1.54) is 18.4 Å². The second-order valence-electron chi connectivity index (χ2n) is 7.39. The predicted octanol–water partition coefficient (Wildman–Crippen LogP) is 3.72. The Hall–Kier alpha value is -1.70. The van der Waals surface area contributed by atoms with E-state index in [0.29, 0.717) is 30.0 Å². The number of aromatic nitrogens is 4. The lowest BCUT2D eigenvalue weighted by Crippen LogP contribution is -2.32. The lowest BCUT2D eigenvalue weighted by atomic mass is 9.81. The van der Waals surface area contributed by atoms with Crippen LogP contribution in [-0.4, -0.2) is 32.6 Å². The Balaban J connectivity index is 1.92. The van der Waals surface area contributed by atoms with Crippen LogP contribution in [0.4, 0.5) is 13.2 Å². The molecule has 2 aromatic rings. The lowest BCUT2D eigenvalue weighted by Gasteiger charge is -2.32. The Kier molecular flexibility index (Phi) is 4.51. The maximum Gasteiger partial charge on any atom is 0.251 e. The monoisotopic (exact) mass is 355 g/mol. The summed E-state index contributed by atoms with van der Waals surface area (Å²) < 4.78 is 42.7.